The summed E-state index contributed by atoms with van der Waals surface area (Å²) in [6, 6.07) is 8.66. The van der Waals surface area contributed by atoms with E-state index >= 15 is 0 Å². The Bertz CT molecular complexity index is 792. The molecule has 2 nitrogen and oxygen atoms in total. The zero-order valence-electron chi connectivity index (χ0n) is 8.65. The van der Waals surface area contributed by atoms with Crippen molar-refractivity contribution in [2.24, 2.45) is 0 Å². The fourth-order valence-electron chi connectivity index (χ4n) is 1.94. The molecule has 0 spiro atoms. The van der Waals surface area contributed by atoms with Gasteiger partial charge in [0.15, 0.2) is 17.1 Å². The van der Waals surface area contributed by atoms with Gasteiger partial charge in [0.25, 0.3) is 0 Å². The van der Waals surface area contributed by atoms with E-state index in [2.05, 4.69) is 0 Å². The molecule has 0 saturated heterocycles. The maximum atomic E-state index is 13.2. The molecular weight excluding hydrogens is 224 g/mol. The normalized spacial score (nSPS) is 11.2. The quantitative estimate of drug-likeness (QED) is 0.545. The number of fused-ring (bicyclic) bond motifs is 3. The highest BCUT2D eigenvalue weighted by Crippen LogP contribution is 2.17. The van der Waals surface area contributed by atoms with Gasteiger partial charge in [-0.1, -0.05) is 6.07 Å². The van der Waals surface area contributed by atoms with Crippen LogP contribution in [0.1, 0.15) is 0 Å². The van der Waals surface area contributed by atoms with Crippen LogP contribution in [0.3, 0.4) is 0 Å². The molecule has 0 aliphatic heterocycles. The van der Waals surface area contributed by atoms with Crippen molar-refractivity contribution in [1.29, 1.82) is 0 Å². The first-order chi connectivity index (χ1) is 8.16. The molecule has 0 fully saturated rings. The second-order valence-corrected chi connectivity index (χ2v) is 3.79. The Morgan fingerprint density at radius 2 is 1.76 bits per heavy atom. The summed E-state index contributed by atoms with van der Waals surface area (Å²) in [5, 5.41) is 0.174. The minimum Gasteiger partial charge on any atom is -0.316 e. The van der Waals surface area contributed by atoms with E-state index in [9.17, 15) is 13.6 Å². The summed E-state index contributed by atoms with van der Waals surface area (Å²) in [4.78, 5) is 11.8. The lowest BCUT2D eigenvalue weighted by Gasteiger charge is -2.06. The second-order valence-electron chi connectivity index (χ2n) is 3.79. The third-order valence-electron chi connectivity index (χ3n) is 2.73. The number of rotatable bonds is 0. The standard InChI is InChI=1S/C13H7F2NO/c14-10-6-9-12(7-11(10)15)16-4-2-1-3-8(16)5-13(9)17/h1-7H. The van der Waals surface area contributed by atoms with Crippen LogP contribution in [0.25, 0.3) is 16.4 Å². The molecule has 2 heterocycles. The van der Waals surface area contributed by atoms with Gasteiger partial charge in [-0.05, 0) is 18.2 Å². The zero-order chi connectivity index (χ0) is 12.0. The van der Waals surface area contributed by atoms with E-state index in [4.69, 9.17) is 0 Å². The van der Waals surface area contributed by atoms with Crippen molar-refractivity contribution in [3.8, 4) is 0 Å². The van der Waals surface area contributed by atoms with Gasteiger partial charge in [-0.2, -0.15) is 0 Å². The third kappa shape index (κ3) is 1.41. The van der Waals surface area contributed by atoms with Crippen molar-refractivity contribution in [1.82, 2.24) is 4.40 Å². The number of nitrogens with zero attached hydrogens (tertiary/aromatic N) is 1. The van der Waals surface area contributed by atoms with Gasteiger partial charge < -0.3 is 4.40 Å². The Labute approximate surface area is 94.7 Å². The van der Waals surface area contributed by atoms with Crippen LogP contribution in [-0.2, 0) is 0 Å². The van der Waals surface area contributed by atoms with Gasteiger partial charge in [0.1, 0.15) is 0 Å². The van der Waals surface area contributed by atoms with E-state index in [0.29, 0.717) is 11.0 Å². The van der Waals surface area contributed by atoms with E-state index in [0.717, 1.165) is 12.1 Å². The fourth-order valence-corrected chi connectivity index (χ4v) is 1.94. The summed E-state index contributed by atoms with van der Waals surface area (Å²) in [7, 11) is 0. The zero-order valence-corrected chi connectivity index (χ0v) is 8.65. The van der Waals surface area contributed by atoms with Crippen molar-refractivity contribution in [3.05, 3.63) is 64.5 Å². The first-order valence-corrected chi connectivity index (χ1v) is 5.06. The van der Waals surface area contributed by atoms with Crippen LogP contribution in [0.2, 0.25) is 0 Å². The summed E-state index contributed by atoms with van der Waals surface area (Å²) in [5.74, 6) is -1.97. The summed E-state index contributed by atoms with van der Waals surface area (Å²) >= 11 is 0. The minimum absolute atomic E-state index is 0.174. The van der Waals surface area contributed by atoms with E-state index in [1.165, 1.54) is 6.07 Å². The largest absolute Gasteiger partial charge is 0.316 e. The maximum absolute atomic E-state index is 13.2. The second kappa shape index (κ2) is 3.38. The van der Waals surface area contributed by atoms with Gasteiger partial charge in [-0.15, -0.1) is 0 Å². The summed E-state index contributed by atoms with van der Waals surface area (Å²) in [6.07, 6.45) is 1.70. The topological polar surface area (TPSA) is 21.5 Å². The molecule has 0 saturated carbocycles. The number of aromatic nitrogens is 1. The Morgan fingerprint density at radius 1 is 1.00 bits per heavy atom. The molecular formula is C13H7F2NO. The lowest BCUT2D eigenvalue weighted by molar-refractivity contribution is 0.510. The lowest BCUT2D eigenvalue weighted by Crippen LogP contribution is -2.05. The summed E-state index contributed by atoms with van der Waals surface area (Å²) < 4.78 is 28.0. The molecule has 0 amide bonds. The molecule has 2 aromatic heterocycles. The molecule has 0 aliphatic rings. The van der Waals surface area contributed by atoms with Gasteiger partial charge in [-0.25, -0.2) is 8.78 Å². The SMILES string of the molecule is O=c1cc2ccccn2c2cc(F)c(F)cc12. The summed E-state index contributed by atoms with van der Waals surface area (Å²) in [6.45, 7) is 0. The lowest BCUT2D eigenvalue weighted by atomic mass is 10.1. The summed E-state index contributed by atoms with van der Waals surface area (Å²) in [5.41, 5.74) is 0.702. The molecule has 3 aromatic rings. The Balaban J connectivity index is 2.65. The molecule has 0 unspecified atom stereocenters. The average Bonchev–Trinajstić information content (AvgIpc) is 2.32. The Hall–Kier alpha value is -2.23. The minimum atomic E-state index is -1.01. The van der Waals surface area contributed by atoms with Crippen molar-refractivity contribution < 1.29 is 8.78 Å². The van der Waals surface area contributed by atoms with Gasteiger partial charge in [0.2, 0.25) is 0 Å². The smallest absolute Gasteiger partial charge is 0.190 e. The van der Waals surface area contributed by atoms with Crippen LogP contribution in [0.15, 0.2) is 47.4 Å². The number of hydrogen-bond acceptors (Lipinski definition) is 1. The van der Waals surface area contributed by atoms with E-state index in [1.54, 1.807) is 28.8 Å². The van der Waals surface area contributed by atoms with Gasteiger partial charge >= 0.3 is 0 Å². The van der Waals surface area contributed by atoms with E-state index in [1.807, 2.05) is 0 Å². The molecule has 0 aliphatic carbocycles. The number of halogens is 2. The molecule has 1 aromatic carbocycles. The highest BCUT2D eigenvalue weighted by atomic mass is 19.2. The Kier molecular flexibility index (Phi) is 1.98. The van der Waals surface area contributed by atoms with Crippen LogP contribution in [0.5, 0.6) is 0 Å². The highest BCUT2D eigenvalue weighted by Gasteiger charge is 2.09. The Morgan fingerprint density at radius 3 is 2.59 bits per heavy atom. The van der Waals surface area contributed by atoms with Crippen molar-refractivity contribution in [2.45, 2.75) is 0 Å². The predicted molar refractivity (Wildman–Crippen MR) is 61.1 cm³/mol. The molecule has 0 atom stereocenters. The molecule has 17 heavy (non-hydrogen) atoms. The molecule has 0 radical (unpaired) electrons. The van der Waals surface area contributed by atoms with Crippen LogP contribution in [0.4, 0.5) is 8.78 Å². The monoisotopic (exact) mass is 231 g/mol. The van der Waals surface area contributed by atoms with Crippen molar-refractivity contribution in [3.63, 3.8) is 0 Å². The average molecular weight is 231 g/mol. The maximum Gasteiger partial charge on any atom is 0.190 e. The molecule has 0 bridgehead atoms. The fraction of sp³-hybridized carbons (Fsp3) is 0. The van der Waals surface area contributed by atoms with E-state index < -0.39 is 11.6 Å². The first kappa shape index (κ1) is 9.96. The molecule has 84 valence electrons. The van der Waals surface area contributed by atoms with Gasteiger partial charge in [-0.3, -0.25) is 4.79 Å². The number of pyridine rings is 2. The van der Waals surface area contributed by atoms with E-state index in [-0.39, 0.29) is 10.8 Å². The van der Waals surface area contributed by atoms with Crippen LogP contribution < -0.4 is 5.43 Å². The van der Waals surface area contributed by atoms with Crippen molar-refractivity contribution in [2.75, 3.05) is 0 Å². The molecule has 3 rings (SSSR count). The number of hydrogen-bond donors (Lipinski definition) is 0. The molecule has 4 heteroatoms. The molecule has 0 N–H and O–H groups in total. The predicted octanol–water partition coefficient (Wildman–Crippen LogP) is 2.73. The van der Waals surface area contributed by atoms with Crippen LogP contribution in [-0.4, -0.2) is 4.40 Å². The third-order valence-corrected chi connectivity index (χ3v) is 2.73. The first-order valence-electron chi connectivity index (χ1n) is 5.06. The highest BCUT2D eigenvalue weighted by molar-refractivity contribution is 5.82. The van der Waals surface area contributed by atoms with Crippen molar-refractivity contribution >= 4 is 16.4 Å². The van der Waals surface area contributed by atoms with Gasteiger partial charge in [0, 0.05) is 29.2 Å². The number of benzene rings is 1. The van der Waals surface area contributed by atoms with Crippen LogP contribution >= 0.6 is 0 Å². The van der Waals surface area contributed by atoms with Crippen LogP contribution in [0, 0.1) is 11.6 Å². The van der Waals surface area contributed by atoms with Gasteiger partial charge in [0.05, 0.1) is 5.52 Å².